The van der Waals surface area contributed by atoms with Gasteiger partial charge in [-0.2, -0.15) is 0 Å². The molecule has 3 heteroatoms. The second kappa shape index (κ2) is 3.98. The first kappa shape index (κ1) is 11.3. The minimum atomic E-state index is 0.0779. The third-order valence-corrected chi connectivity index (χ3v) is 3.00. The Bertz CT molecular complexity index is 382. The number of nitrogens with zero attached hydrogens (tertiary/aromatic N) is 1. The van der Waals surface area contributed by atoms with Crippen molar-refractivity contribution in [3.05, 3.63) is 23.8 Å². The quantitative estimate of drug-likeness (QED) is 0.703. The number of aromatic hydroxyl groups is 1. The molecule has 1 aliphatic rings. The molecule has 3 nitrogen and oxygen atoms in total. The lowest BCUT2D eigenvalue weighted by Crippen LogP contribution is -2.43. The molecule has 16 heavy (non-hydrogen) atoms. The molecule has 0 fully saturated rings. The van der Waals surface area contributed by atoms with E-state index in [0.29, 0.717) is 5.75 Å². The molecule has 0 unspecified atom stereocenters. The Kier molecular flexibility index (Phi) is 2.80. The van der Waals surface area contributed by atoms with Gasteiger partial charge in [0.2, 0.25) is 0 Å². The molecule has 0 saturated heterocycles. The predicted molar refractivity (Wildman–Crippen MR) is 66.9 cm³/mol. The molecule has 0 bridgehead atoms. The zero-order valence-electron chi connectivity index (χ0n) is 10.2. The van der Waals surface area contributed by atoms with Crippen LogP contribution in [0.25, 0.3) is 0 Å². The van der Waals surface area contributed by atoms with Gasteiger partial charge in [-0.25, -0.2) is 0 Å². The average Bonchev–Trinajstić information content (AvgIpc) is 2.38. The molecule has 0 amide bonds. The first-order valence-corrected chi connectivity index (χ1v) is 5.79. The molecular weight excluding hydrogens is 200 g/mol. The van der Waals surface area contributed by atoms with E-state index in [2.05, 4.69) is 31.0 Å². The minimum Gasteiger partial charge on any atom is -0.508 e. The van der Waals surface area contributed by atoms with E-state index in [9.17, 15) is 5.11 Å². The number of fused-ring (bicyclic) bond motifs is 1. The van der Waals surface area contributed by atoms with Gasteiger partial charge in [0.15, 0.2) is 0 Å². The molecular formula is C13H20N2O. The fraction of sp³-hybridized carbons (Fsp3) is 0.538. The zero-order chi connectivity index (χ0) is 11.8. The summed E-state index contributed by atoms with van der Waals surface area (Å²) in [6, 6.07) is 5.63. The Labute approximate surface area is 97.1 Å². The van der Waals surface area contributed by atoms with E-state index < -0.39 is 0 Å². The number of nitrogens with one attached hydrogen (secondary N) is 1. The van der Waals surface area contributed by atoms with E-state index in [4.69, 9.17) is 0 Å². The second-order valence-electron chi connectivity index (χ2n) is 5.31. The average molecular weight is 220 g/mol. The van der Waals surface area contributed by atoms with Crippen LogP contribution in [0.1, 0.15) is 26.3 Å². The number of hydrogen-bond donors (Lipinski definition) is 2. The molecule has 0 spiro atoms. The van der Waals surface area contributed by atoms with Gasteiger partial charge in [-0.05, 0) is 32.4 Å². The highest BCUT2D eigenvalue weighted by molar-refractivity contribution is 5.59. The maximum atomic E-state index is 9.62. The van der Waals surface area contributed by atoms with Crippen molar-refractivity contribution in [3.8, 4) is 5.75 Å². The van der Waals surface area contributed by atoms with E-state index in [1.807, 2.05) is 12.1 Å². The zero-order valence-corrected chi connectivity index (χ0v) is 10.2. The normalized spacial score (nSPS) is 16.8. The summed E-state index contributed by atoms with van der Waals surface area (Å²) < 4.78 is 0. The topological polar surface area (TPSA) is 35.5 Å². The molecule has 2 N–H and O–H groups in total. The smallest absolute Gasteiger partial charge is 0.117 e. The van der Waals surface area contributed by atoms with Crippen molar-refractivity contribution in [3.63, 3.8) is 0 Å². The lowest BCUT2D eigenvalue weighted by Gasteiger charge is -2.37. The minimum absolute atomic E-state index is 0.0779. The summed E-state index contributed by atoms with van der Waals surface area (Å²) >= 11 is 0. The van der Waals surface area contributed by atoms with Crippen LogP contribution in [0.2, 0.25) is 0 Å². The van der Waals surface area contributed by atoms with Crippen LogP contribution in [0.4, 0.5) is 5.69 Å². The van der Waals surface area contributed by atoms with Crippen molar-refractivity contribution >= 4 is 5.69 Å². The van der Waals surface area contributed by atoms with Crippen molar-refractivity contribution in [2.45, 2.75) is 32.9 Å². The van der Waals surface area contributed by atoms with Gasteiger partial charge in [0.1, 0.15) is 5.75 Å². The Morgan fingerprint density at radius 1 is 1.31 bits per heavy atom. The van der Waals surface area contributed by atoms with Gasteiger partial charge in [0.05, 0.1) is 0 Å². The van der Waals surface area contributed by atoms with Gasteiger partial charge in [0, 0.05) is 36.9 Å². The van der Waals surface area contributed by atoms with Crippen molar-refractivity contribution in [1.29, 1.82) is 0 Å². The molecule has 1 aromatic carbocycles. The number of rotatable bonds is 0. The van der Waals surface area contributed by atoms with E-state index >= 15 is 0 Å². The highest BCUT2D eigenvalue weighted by Crippen LogP contribution is 2.31. The standard InChI is InChI=1S/C13H20N2O/c1-13(2,3)15-7-6-14-9-10-4-5-11(16)8-12(10)15/h4-5,8,14,16H,6-7,9H2,1-3H3. The molecule has 0 atom stereocenters. The molecule has 1 aromatic rings. The van der Waals surface area contributed by atoms with E-state index in [1.165, 1.54) is 5.56 Å². The van der Waals surface area contributed by atoms with Gasteiger partial charge < -0.3 is 15.3 Å². The number of anilines is 1. The number of phenols is 1. The first-order chi connectivity index (χ1) is 7.48. The molecule has 0 radical (unpaired) electrons. The fourth-order valence-electron chi connectivity index (χ4n) is 2.18. The summed E-state index contributed by atoms with van der Waals surface area (Å²) in [4.78, 5) is 2.35. The van der Waals surface area contributed by atoms with Crippen LogP contribution in [0.15, 0.2) is 18.2 Å². The first-order valence-electron chi connectivity index (χ1n) is 5.79. The lowest BCUT2D eigenvalue weighted by molar-refractivity contribution is 0.472. The van der Waals surface area contributed by atoms with Crippen LogP contribution in [0.5, 0.6) is 5.75 Å². The van der Waals surface area contributed by atoms with Crippen LogP contribution in [0.3, 0.4) is 0 Å². The van der Waals surface area contributed by atoms with Crippen molar-refractivity contribution in [2.24, 2.45) is 0 Å². The Balaban J connectivity index is 2.47. The van der Waals surface area contributed by atoms with Crippen molar-refractivity contribution in [2.75, 3.05) is 18.0 Å². The summed E-state index contributed by atoms with van der Waals surface area (Å²) in [7, 11) is 0. The summed E-state index contributed by atoms with van der Waals surface area (Å²) in [5, 5.41) is 13.0. The Hall–Kier alpha value is -1.22. The third kappa shape index (κ3) is 2.14. The molecule has 88 valence electrons. The molecule has 1 aliphatic heterocycles. The number of benzene rings is 1. The van der Waals surface area contributed by atoms with Gasteiger partial charge in [-0.3, -0.25) is 0 Å². The summed E-state index contributed by atoms with van der Waals surface area (Å²) in [6.45, 7) is 9.43. The summed E-state index contributed by atoms with van der Waals surface area (Å²) in [5.74, 6) is 0.343. The van der Waals surface area contributed by atoms with E-state index in [-0.39, 0.29) is 5.54 Å². The van der Waals surface area contributed by atoms with Gasteiger partial charge >= 0.3 is 0 Å². The number of hydrogen-bond acceptors (Lipinski definition) is 3. The van der Waals surface area contributed by atoms with Crippen LogP contribution >= 0.6 is 0 Å². The van der Waals surface area contributed by atoms with E-state index in [1.54, 1.807) is 6.07 Å². The van der Waals surface area contributed by atoms with Gasteiger partial charge in [0.25, 0.3) is 0 Å². The van der Waals surface area contributed by atoms with Crippen LogP contribution in [0, 0.1) is 0 Å². The van der Waals surface area contributed by atoms with Crippen molar-refractivity contribution in [1.82, 2.24) is 5.32 Å². The van der Waals surface area contributed by atoms with Crippen LogP contribution in [-0.4, -0.2) is 23.7 Å². The van der Waals surface area contributed by atoms with Gasteiger partial charge in [-0.1, -0.05) is 6.07 Å². The molecule has 0 aliphatic carbocycles. The van der Waals surface area contributed by atoms with E-state index in [0.717, 1.165) is 25.3 Å². The predicted octanol–water partition coefficient (Wildman–Crippen LogP) is 2.10. The SMILES string of the molecule is CC(C)(C)N1CCNCc2ccc(O)cc21. The lowest BCUT2D eigenvalue weighted by atomic mass is 10.0. The highest BCUT2D eigenvalue weighted by Gasteiger charge is 2.25. The molecule has 2 rings (SSSR count). The second-order valence-corrected chi connectivity index (χ2v) is 5.31. The monoisotopic (exact) mass is 220 g/mol. The Morgan fingerprint density at radius 2 is 2.06 bits per heavy atom. The summed E-state index contributed by atoms with van der Waals surface area (Å²) in [5.41, 5.74) is 2.48. The van der Waals surface area contributed by atoms with Crippen LogP contribution < -0.4 is 10.2 Å². The summed E-state index contributed by atoms with van der Waals surface area (Å²) in [6.07, 6.45) is 0. The maximum Gasteiger partial charge on any atom is 0.117 e. The third-order valence-electron chi connectivity index (χ3n) is 3.00. The Morgan fingerprint density at radius 3 is 2.75 bits per heavy atom. The van der Waals surface area contributed by atoms with Gasteiger partial charge in [-0.15, -0.1) is 0 Å². The molecule has 0 aromatic heterocycles. The fourth-order valence-corrected chi connectivity index (χ4v) is 2.18. The highest BCUT2D eigenvalue weighted by atomic mass is 16.3. The van der Waals surface area contributed by atoms with Crippen molar-refractivity contribution < 1.29 is 5.11 Å². The molecule has 0 saturated carbocycles. The maximum absolute atomic E-state index is 9.62. The largest absolute Gasteiger partial charge is 0.508 e. The molecule has 1 heterocycles. The van der Waals surface area contributed by atoms with Crippen LogP contribution in [-0.2, 0) is 6.54 Å². The number of phenolic OH excluding ortho intramolecular Hbond substituents is 1.